The van der Waals surface area contributed by atoms with E-state index in [1.54, 1.807) is 0 Å². The zero-order valence-electron chi connectivity index (χ0n) is 13.8. The molecule has 3 heterocycles. The van der Waals surface area contributed by atoms with Gasteiger partial charge in [0.25, 0.3) is 0 Å². The molecule has 1 aliphatic rings. The highest BCUT2D eigenvalue weighted by molar-refractivity contribution is 5.62. The van der Waals surface area contributed by atoms with Crippen LogP contribution in [0.4, 0.5) is 0 Å². The van der Waals surface area contributed by atoms with Crippen LogP contribution in [0.5, 0.6) is 0 Å². The molecule has 1 saturated heterocycles. The van der Waals surface area contributed by atoms with E-state index in [1.165, 1.54) is 22.3 Å². The van der Waals surface area contributed by atoms with Gasteiger partial charge in [0, 0.05) is 44.0 Å². The van der Waals surface area contributed by atoms with Gasteiger partial charge in [-0.2, -0.15) is 0 Å². The second-order valence-corrected chi connectivity index (χ2v) is 6.42. The minimum Gasteiger partial charge on any atom is -0.381 e. The highest BCUT2D eigenvalue weighted by atomic mass is 16.5. The van der Waals surface area contributed by atoms with Crippen molar-refractivity contribution in [2.75, 3.05) is 13.2 Å². The quantitative estimate of drug-likeness (QED) is 0.708. The number of hydrogen-bond donors (Lipinski definition) is 0. The SMILES string of the molecule is c1cc(-c2ccc(Cc3ccn(C4CCOCC4)c3)cc2)ccn1. The van der Waals surface area contributed by atoms with Crippen LogP contribution in [0, 0.1) is 0 Å². The van der Waals surface area contributed by atoms with Gasteiger partial charge in [-0.3, -0.25) is 4.98 Å². The Bertz CT molecular complexity index is 771. The van der Waals surface area contributed by atoms with E-state index in [4.69, 9.17) is 4.74 Å². The van der Waals surface area contributed by atoms with Crippen LogP contribution in [0.25, 0.3) is 11.1 Å². The summed E-state index contributed by atoms with van der Waals surface area (Å²) >= 11 is 0. The van der Waals surface area contributed by atoms with Gasteiger partial charge >= 0.3 is 0 Å². The molecular weight excluding hydrogens is 296 g/mol. The molecule has 3 heteroatoms. The predicted octanol–water partition coefficient (Wildman–Crippen LogP) is 4.49. The molecule has 3 aromatic rings. The first-order chi connectivity index (χ1) is 11.9. The molecule has 24 heavy (non-hydrogen) atoms. The first kappa shape index (κ1) is 15.2. The van der Waals surface area contributed by atoms with E-state index in [1.807, 2.05) is 24.5 Å². The normalized spacial score (nSPS) is 15.5. The van der Waals surface area contributed by atoms with Crippen molar-refractivity contribution in [2.45, 2.75) is 25.3 Å². The lowest BCUT2D eigenvalue weighted by Gasteiger charge is -2.23. The van der Waals surface area contributed by atoms with Gasteiger partial charge in [0.15, 0.2) is 0 Å². The second kappa shape index (κ2) is 7.02. The maximum atomic E-state index is 5.45. The van der Waals surface area contributed by atoms with Gasteiger partial charge < -0.3 is 9.30 Å². The number of benzene rings is 1. The van der Waals surface area contributed by atoms with Gasteiger partial charge in [0.05, 0.1) is 0 Å². The predicted molar refractivity (Wildman–Crippen MR) is 96.0 cm³/mol. The lowest BCUT2D eigenvalue weighted by molar-refractivity contribution is 0.0696. The highest BCUT2D eigenvalue weighted by Gasteiger charge is 2.15. The standard InChI is InChI=1S/C21H22N2O/c1-3-19(20-5-10-22-11-6-20)4-2-17(1)15-18-7-12-23(16-18)21-8-13-24-14-9-21/h1-7,10-12,16,21H,8-9,13-15H2. The molecule has 0 N–H and O–H groups in total. The summed E-state index contributed by atoms with van der Waals surface area (Å²) in [6.45, 7) is 1.77. The van der Waals surface area contributed by atoms with E-state index in [0.29, 0.717) is 6.04 Å². The van der Waals surface area contributed by atoms with Crippen molar-refractivity contribution < 1.29 is 4.74 Å². The molecule has 0 amide bonds. The molecule has 122 valence electrons. The van der Waals surface area contributed by atoms with Gasteiger partial charge in [-0.1, -0.05) is 24.3 Å². The molecule has 2 aromatic heterocycles. The van der Waals surface area contributed by atoms with E-state index in [9.17, 15) is 0 Å². The molecule has 0 unspecified atom stereocenters. The van der Waals surface area contributed by atoms with Crippen molar-refractivity contribution in [3.63, 3.8) is 0 Å². The van der Waals surface area contributed by atoms with Crippen LogP contribution in [0.3, 0.4) is 0 Å². The Labute approximate surface area is 142 Å². The Kier molecular flexibility index (Phi) is 4.43. The lowest BCUT2D eigenvalue weighted by atomic mass is 10.0. The number of hydrogen-bond acceptors (Lipinski definition) is 2. The molecule has 4 rings (SSSR count). The van der Waals surface area contributed by atoms with Crippen molar-refractivity contribution >= 4 is 0 Å². The van der Waals surface area contributed by atoms with Crippen molar-refractivity contribution in [3.8, 4) is 11.1 Å². The molecule has 0 atom stereocenters. The maximum Gasteiger partial charge on any atom is 0.0485 e. The number of pyridine rings is 1. The summed E-state index contributed by atoms with van der Waals surface area (Å²) in [6, 6.07) is 15.8. The Morgan fingerprint density at radius 1 is 0.875 bits per heavy atom. The molecule has 1 aromatic carbocycles. The molecular formula is C21H22N2O. The summed E-state index contributed by atoms with van der Waals surface area (Å²) in [6.07, 6.45) is 11.4. The third-order valence-electron chi connectivity index (χ3n) is 4.76. The number of ether oxygens (including phenoxy) is 1. The van der Waals surface area contributed by atoms with Crippen molar-refractivity contribution in [2.24, 2.45) is 0 Å². The Balaban J connectivity index is 1.45. The van der Waals surface area contributed by atoms with Gasteiger partial charge in [-0.25, -0.2) is 0 Å². The molecule has 1 aliphatic heterocycles. The van der Waals surface area contributed by atoms with Crippen molar-refractivity contribution in [3.05, 3.63) is 78.4 Å². The van der Waals surface area contributed by atoms with E-state index in [2.05, 4.69) is 52.3 Å². The monoisotopic (exact) mass is 318 g/mol. The zero-order valence-corrected chi connectivity index (χ0v) is 13.8. The summed E-state index contributed by atoms with van der Waals surface area (Å²) in [7, 11) is 0. The summed E-state index contributed by atoms with van der Waals surface area (Å²) < 4.78 is 7.82. The Morgan fingerprint density at radius 3 is 2.33 bits per heavy atom. The van der Waals surface area contributed by atoms with Crippen LogP contribution >= 0.6 is 0 Å². The molecule has 0 radical (unpaired) electrons. The molecule has 0 bridgehead atoms. The average Bonchev–Trinajstić information content (AvgIpc) is 3.12. The van der Waals surface area contributed by atoms with E-state index in [-0.39, 0.29) is 0 Å². The largest absolute Gasteiger partial charge is 0.381 e. The fourth-order valence-corrected chi connectivity index (χ4v) is 3.37. The smallest absolute Gasteiger partial charge is 0.0485 e. The Hall–Kier alpha value is -2.39. The minimum absolute atomic E-state index is 0.599. The van der Waals surface area contributed by atoms with Crippen molar-refractivity contribution in [1.29, 1.82) is 0 Å². The second-order valence-electron chi connectivity index (χ2n) is 6.42. The minimum atomic E-state index is 0.599. The fraction of sp³-hybridized carbons (Fsp3) is 0.286. The Morgan fingerprint density at radius 2 is 1.58 bits per heavy atom. The molecule has 0 spiro atoms. The zero-order chi connectivity index (χ0) is 16.2. The molecule has 0 aliphatic carbocycles. The third-order valence-corrected chi connectivity index (χ3v) is 4.76. The lowest BCUT2D eigenvalue weighted by Crippen LogP contribution is -2.18. The molecule has 1 fully saturated rings. The van der Waals surface area contributed by atoms with Crippen LogP contribution in [-0.4, -0.2) is 22.8 Å². The van der Waals surface area contributed by atoms with Gasteiger partial charge in [-0.05, 0) is 59.7 Å². The fourth-order valence-electron chi connectivity index (χ4n) is 3.37. The van der Waals surface area contributed by atoms with E-state index in [0.717, 1.165) is 32.5 Å². The first-order valence-electron chi connectivity index (χ1n) is 8.62. The topological polar surface area (TPSA) is 27.1 Å². The van der Waals surface area contributed by atoms with E-state index >= 15 is 0 Å². The molecule has 3 nitrogen and oxygen atoms in total. The van der Waals surface area contributed by atoms with Crippen LogP contribution < -0.4 is 0 Å². The summed E-state index contributed by atoms with van der Waals surface area (Å²) in [5.41, 5.74) is 5.17. The maximum absolute atomic E-state index is 5.45. The van der Waals surface area contributed by atoms with Crippen molar-refractivity contribution in [1.82, 2.24) is 9.55 Å². The van der Waals surface area contributed by atoms with Gasteiger partial charge in [0.1, 0.15) is 0 Å². The molecule has 0 saturated carbocycles. The summed E-state index contributed by atoms with van der Waals surface area (Å²) in [4.78, 5) is 4.07. The summed E-state index contributed by atoms with van der Waals surface area (Å²) in [5.74, 6) is 0. The third kappa shape index (κ3) is 3.41. The first-order valence-corrected chi connectivity index (χ1v) is 8.62. The van der Waals surface area contributed by atoms with Crippen LogP contribution in [-0.2, 0) is 11.2 Å². The summed E-state index contributed by atoms with van der Waals surface area (Å²) in [5, 5.41) is 0. The van der Waals surface area contributed by atoms with Gasteiger partial charge in [-0.15, -0.1) is 0 Å². The van der Waals surface area contributed by atoms with Crippen LogP contribution in [0.15, 0.2) is 67.3 Å². The average molecular weight is 318 g/mol. The van der Waals surface area contributed by atoms with Gasteiger partial charge in [0.2, 0.25) is 0 Å². The van der Waals surface area contributed by atoms with Crippen LogP contribution in [0.2, 0.25) is 0 Å². The number of aromatic nitrogens is 2. The number of nitrogens with zero attached hydrogens (tertiary/aromatic N) is 2. The van der Waals surface area contributed by atoms with Crippen LogP contribution in [0.1, 0.15) is 30.0 Å². The highest BCUT2D eigenvalue weighted by Crippen LogP contribution is 2.23. The van der Waals surface area contributed by atoms with E-state index < -0.39 is 0 Å². The number of rotatable bonds is 4.